The Balaban J connectivity index is 2.15. The number of methoxy groups -OCH3 is 1. The van der Waals surface area contributed by atoms with Gasteiger partial charge in [0, 0.05) is 25.2 Å². The Hall–Kier alpha value is -2.23. The maximum atomic E-state index is 13.2. The Labute approximate surface area is 132 Å². The molecule has 1 heterocycles. The molecule has 0 aromatic heterocycles. The number of piperidine rings is 1. The number of esters is 1. The first-order valence-electron chi connectivity index (χ1n) is 7.28. The second kappa shape index (κ2) is 6.90. The predicted molar refractivity (Wildman–Crippen MR) is 77.7 cm³/mol. The van der Waals surface area contributed by atoms with Crippen molar-refractivity contribution >= 4 is 11.7 Å². The van der Waals surface area contributed by atoms with E-state index in [4.69, 9.17) is 5.26 Å². The number of carbonyl (C=O) groups is 1. The summed E-state index contributed by atoms with van der Waals surface area (Å²) in [6, 6.07) is 5.36. The molecule has 1 fully saturated rings. The molecule has 0 aliphatic carbocycles. The fourth-order valence-corrected chi connectivity index (χ4v) is 2.81. The summed E-state index contributed by atoms with van der Waals surface area (Å²) in [4.78, 5) is 12.9. The summed E-state index contributed by atoms with van der Waals surface area (Å²) < 4.78 is 44.3. The van der Waals surface area contributed by atoms with Crippen LogP contribution in [0.1, 0.15) is 30.4 Å². The first-order valence-corrected chi connectivity index (χ1v) is 7.28. The molecule has 4 nitrogen and oxygen atoms in total. The SMILES string of the molecule is COC(=O)CC1CCN(c2ccc(C#N)cc2C(F)(F)F)CC1. The summed E-state index contributed by atoms with van der Waals surface area (Å²) in [7, 11) is 1.32. The van der Waals surface area contributed by atoms with E-state index in [2.05, 4.69) is 4.74 Å². The van der Waals surface area contributed by atoms with E-state index in [0.717, 1.165) is 6.07 Å². The third kappa shape index (κ3) is 4.15. The van der Waals surface area contributed by atoms with Gasteiger partial charge in [-0.1, -0.05) is 0 Å². The van der Waals surface area contributed by atoms with Gasteiger partial charge in [0.05, 0.1) is 24.3 Å². The van der Waals surface area contributed by atoms with Crippen LogP contribution in [0.3, 0.4) is 0 Å². The van der Waals surface area contributed by atoms with Crippen LogP contribution in [0.25, 0.3) is 0 Å². The normalized spacial score (nSPS) is 16.0. The zero-order valence-corrected chi connectivity index (χ0v) is 12.7. The van der Waals surface area contributed by atoms with Gasteiger partial charge in [-0.25, -0.2) is 0 Å². The maximum absolute atomic E-state index is 13.2. The van der Waals surface area contributed by atoms with E-state index in [-0.39, 0.29) is 23.1 Å². The van der Waals surface area contributed by atoms with Crippen LogP contribution in [0.4, 0.5) is 18.9 Å². The van der Waals surface area contributed by atoms with Gasteiger partial charge in [-0.05, 0) is 37.0 Å². The van der Waals surface area contributed by atoms with Gasteiger partial charge in [-0.2, -0.15) is 18.4 Å². The smallest absolute Gasteiger partial charge is 0.418 e. The lowest BCUT2D eigenvalue weighted by Crippen LogP contribution is -2.35. The molecule has 1 aliphatic rings. The Morgan fingerprint density at radius 1 is 1.39 bits per heavy atom. The van der Waals surface area contributed by atoms with Crippen molar-refractivity contribution in [3.8, 4) is 6.07 Å². The van der Waals surface area contributed by atoms with Gasteiger partial charge >= 0.3 is 12.1 Å². The molecule has 2 rings (SSSR count). The minimum atomic E-state index is -4.51. The molecule has 0 atom stereocenters. The average molecular weight is 326 g/mol. The van der Waals surface area contributed by atoms with Crippen LogP contribution in [-0.4, -0.2) is 26.2 Å². The molecule has 1 aromatic carbocycles. The molecular formula is C16H17F3N2O2. The standard InChI is InChI=1S/C16H17F3N2O2/c1-23-15(22)9-11-4-6-21(7-5-11)14-3-2-12(10-20)8-13(14)16(17,18)19/h2-3,8,11H,4-7,9H2,1H3. The first kappa shape index (κ1) is 17.1. The van der Waals surface area contributed by atoms with E-state index in [1.807, 2.05) is 0 Å². The fraction of sp³-hybridized carbons (Fsp3) is 0.500. The van der Waals surface area contributed by atoms with Gasteiger partial charge in [0.25, 0.3) is 0 Å². The second-order valence-electron chi connectivity index (χ2n) is 5.55. The summed E-state index contributed by atoms with van der Waals surface area (Å²) in [5.41, 5.74) is -0.711. The number of carbonyl (C=O) groups excluding carboxylic acids is 1. The molecular weight excluding hydrogens is 309 g/mol. The molecule has 0 saturated carbocycles. The van der Waals surface area contributed by atoms with Crippen LogP contribution in [0, 0.1) is 17.2 Å². The van der Waals surface area contributed by atoms with Crippen molar-refractivity contribution in [2.24, 2.45) is 5.92 Å². The van der Waals surface area contributed by atoms with Gasteiger partial charge in [0.1, 0.15) is 0 Å². The van der Waals surface area contributed by atoms with E-state index < -0.39 is 11.7 Å². The van der Waals surface area contributed by atoms with E-state index >= 15 is 0 Å². The molecule has 0 radical (unpaired) electrons. The molecule has 0 bridgehead atoms. The Morgan fingerprint density at radius 2 is 2.04 bits per heavy atom. The highest BCUT2D eigenvalue weighted by atomic mass is 19.4. The Morgan fingerprint density at radius 3 is 2.57 bits per heavy atom. The van der Waals surface area contributed by atoms with Crippen molar-refractivity contribution in [1.29, 1.82) is 5.26 Å². The minimum Gasteiger partial charge on any atom is -0.469 e. The van der Waals surface area contributed by atoms with Crippen LogP contribution in [0.15, 0.2) is 18.2 Å². The summed E-state index contributed by atoms with van der Waals surface area (Å²) in [5.74, 6) is -0.163. The lowest BCUT2D eigenvalue weighted by atomic mass is 9.92. The number of anilines is 1. The van der Waals surface area contributed by atoms with Gasteiger partial charge in [-0.3, -0.25) is 4.79 Å². The fourth-order valence-electron chi connectivity index (χ4n) is 2.81. The number of rotatable bonds is 3. The van der Waals surface area contributed by atoms with E-state index in [1.165, 1.54) is 19.2 Å². The van der Waals surface area contributed by atoms with Crippen molar-refractivity contribution in [1.82, 2.24) is 0 Å². The molecule has 0 amide bonds. The molecule has 7 heteroatoms. The molecule has 1 saturated heterocycles. The quantitative estimate of drug-likeness (QED) is 0.799. The topological polar surface area (TPSA) is 53.3 Å². The molecule has 23 heavy (non-hydrogen) atoms. The molecule has 1 aromatic rings. The summed E-state index contributed by atoms with van der Waals surface area (Å²) in [6.45, 7) is 0.882. The number of alkyl halides is 3. The van der Waals surface area contributed by atoms with E-state index in [9.17, 15) is 18.0 Å². The first-order chi connectivity index (χ1) is 10.8. The Kier molecular flexibility index (Phi) is 5.14. The van der Waals surface area contributed by atoms with Gasteiger partial charge in [0.15, 0.2) is 0 Å². The molecule has 0 unspecified atom stereocenters. The molecule has 124 valence electrons. The Bertz CT molecular complexity index is 615. The minimum absolute atomic E-state index is 0.0124. The summed E-state index contributed by atoms with van der Waals surface area (Å²) in [6.07, 6.45) is -2.95. The monoisotopic (exact) mass is 326 g/mol. The van der Waals surface area contributed by atoms with Crippen molar-refractivity contribution in [3.63, 3.8) is 0 Å². The van der Waals surface area contributed by atoms with E-state index in [1.54, 1.807) is 11.0 Å². The highest BCUT2D eigenvalue weighted by Gasteiger charge is 2.36. The number of halogens is 3. The van der Waals surface area contributed by atoms with Crippen LogP contribution in [0.2, 0.25) is 0 Å². The summed E-state index contributed by atoms with van der Waals surface area (Å²) in [5, 5.41) is 8.80. The average Bonchev–Trinajstić information content (AvgIpc) is 2.54. The van der Waals surface area contributed by atoms with Crippen molar-refractivity contribution in [3.05, 3.63) is 29.3 Å². The van der Waals surface area contributed by atoms with Crippen molar-refractivity contribution in [2.45, 2.75) is 25.4 Å². The van der Waals surface area contributed by atoms with Crippen molar-refractivity contribution < 1.29 is 22.7 Å². The lowest BCUT2D eigenvalue weighted by Gasteiger charge is -2.34. The number of benzene rings is 1. The zero-order valence-electron chi connectivity index (χ0n) is 12.7. The number of hydrogen-bond acceptors (Lipinski definition) is 4. The lowest BCUT2D eigenvalue weighted by molar-refractivity contribution is -0.141. The van der Waals surface area contributed by atoms with Crippen LogP contribution >= 0.6 is 0 Å². The van der Waals surface area contributed by atoms with Crippen molar-refractivity contribution in [2.75, 3.05) is 25.1 Å². The molecule has 1 aliphatic heterocycles. The second-order valence-corrected chi connectivity index (χ2v) is 5.55. The largest absolute Gasteiger partial charge is 0.469 e. The predicted octanol–water partition coefficient (Wildman–Crippen LogP) is 3.36. The van der Waals surface area contributed by atoms with Crippen LogP contribution in [-0.2, 0) is 15.7 Å². The number of nitrogens with zero attached hydrogens (tertiary/aromatic N) is 2. The van der Waals surface area contributed by atoms with Gasteiger partial charge in [-0.15, -0.1) is 0 Å². The number of hydrogen-bond donors (Lipinski definition) is 0. The molecule has 0 spiro atoms. The van der Waals surface area contributed by atoms with Crippen LogP contribution in [0.5, 0.6) is 0 Å². The van der Waals surface area contributed by atoms with E-state index in [0.29, 0.717) is 32.4 Å². The van der Waals surface area contributed by atoms with Gasteiger partial charge in [0.2, 0.25) is 0 Å². The molecule has 0 N–H and O–H groups in total. The summed E-state index contributed by atoms with van der Waals surface area (Å²) >= 11 is 0. The highest BCUT2D eigenvalue weighted by Crippen LogP contribution is 2.38. The maximum Gasteiger partial charge on any atom is 0.418 e. The number of nitriles is 1. The zero-order chi connectivity index (χ0) is 17.0. The van der Waals surface area contributed by atoms with Crippen LogP contribution < -0.4 is 4.90 Å². The van der Waals surface area contributed by atoms with Gasteiger partial charge < -0.3 is 9.64 Å². The number of ether oxygens (including phenoxy) is 1. The highest BCUT2D eigenvalue weighted by molar-refractivity contribution is 5.69. The third-order valence-electron chi connectivity index (χ3n) is 4.07. The third-order valence-corrected chi connectivity index (χ3v) is 4.07.